The summed E-state index contributed by atoms with van der Waals surface area (Å²) in [4.78, 5) is 11.8. The second kappa shape index (κ2) is 6.18. The van der Waals surface area contributed by atoms with Crippen molar-refractivity contribution < 1.29 is 9.13 Å². The summed E-state index contributed by atoms with van der Waals surface area (Å²) in [6, 6.07) is 13.8. The van der Waals surface area contributed by atoms with Crippen LogP contribution in [0.5, 0.6) is 5.75 Å². The number of rotatable bonds is 3. The number of hydrogen-bond acceptors (Lipinski definition) is 3. The maximum atomic E-state index is 14.7. The van der Waals surface area contributed by atoms with Crippen molar-refractivity contribution in [2.45, 2.75) is 0 Å². The minimum absolute atomic E-state index is 0.381. The van der Waals surface area contributed by atoms with Gasteiger partial charge in [0.1, 0.15) is 17.4 Å². The van der Waals surface area contributed by atoms with Crippen molar-refractivity contribution in [2.24, 2.45) is 0 Å². The first kappa shape index (κ1) is 15.6. The van der Waals surface area contributed by atoms with Gasteiger partial charge in [0.25, 0.3) is 0 Å². The summed E-state index contributed by atoms with van der Waals surface area (Å²) < 4.78 is 19.9. The van der Waals surface area contributed by atoms with Crippen LogP contribution in [-0.2, 0) is 0 Å². The van der Waals surface area contributed by atoms with Gasteiger partial charge in [-0.3, -0.25) is 4.98 Å². The molecule has 0 radical (unpaired) electrons. The number of pyridine rings is 1. The zero-order chi connectivity index (χ0) is 17.4. The predicted octanol–water partition coefficient (Wildman–Crippen LogP) is 5.09. The summed E-state index contributed by atoms with van der Waals surface area (Å²) in [5.74, 6) is 0.771. The SMILES string of the molecule is COc1ccc2nc(-c3ccc(-c4ncccc4Cl)cc3F)[nH]c2c1. The fourth-order valence-corrected chi connectivity index (χ4v) is 2.93. The third kappa shape index (κ3) is 2.83. The van der Waals surface area contributed by atoms with E-state index in [1.54, 1.807) is 37.6 Å². The molecule has 6 heteroatoms. The lowest BCUT2D eigenvalue weighted by molar-refractivity contribution is 0.415. The minimum atomic E-state index is -0.398. The molecule has 2 aromatic carbocycles. The smallest absolute Gasteiger partial charge is 0.141 e. The first-order valence-electron chi connectivity index (χ1n) is 7.60. The molecule has 0 bridgehead atoms. The van der Waals surface area contributed by atoms with Crippen LogP contribution in [0.25, 0.3) is 33.7 Å². The fourth-order valence-electron chi connectivity index (χ4n) is 2.70. The minimum Gasteiger partial charge on any atom is -0.497 e. The monoisotopic (exact) mass is 353 g/mol. The molecule has 0 unspecified atom stereocenters. The van der Waals surface area contributed by atoms with Gasteiger partial charge in [0.05, 0.1) is 34.4 Å². The summed E-state index contributed by atoms with van der Waals surface area (Å²) in [6.07, 6.45) is 1.62. The molecule has 0 saturated carbocycles. The van der Waals surface area contributed by atoms with Crippen LogP contribution in [0.4, 0.5) is 4.39 Å². The second-order valence-corrected chi connectivity index (χ2v) is 5.90. The van der Waals surface area contributed by atoms with Crippen LogP contribution >= 0.6 is 11.6 Å². The Morgan fingerprint density at radius 3 is 2.76 bits per heavy atom. The molecule has 0 atom stereocenters. The third-order valence-corrected chi connectivity index (χ3v) is 4.25. The Bertz CT molecular complexity index is 1080. The van der Waals surface area contributed by atoms with E-state index in [1.807, 2.05) is 18.2 Å². The number of aromatic amines is 1. The van der Waals surface area contributed by atoms with Crippen molar-refractivity contribution in [1.29, 1.82) is 0 Å². The first-order valence-corrected chi connectivity index (χ1v) is 7.98. The highest BCUT2D eigenvalue weighted by molar-refractivity contribution is 6.33. The van der Waals surface area contributed by atoms with Gasteiger partial charge in [-0.2, -0.15) is 0 Å². The number of nitrogens with zero attached hydrogens (tertiary/aromatic N) is 2. The summed E-state index contributed by atoms with van der Waals surface area (Å²) in [6.45, 7) is 0. The van der Waals surface area contributed by atoms with Crippen LogP contribution in [0, 0.1) is 5.82 Å². The zero-order valence-electron chi connectivity index (χ0n) is 13.3. The lowest BCUT2D eigenvalue weighted by Gasteiger charge is -2.05. The van der Waals surface area contributed by atoms with Crippen LogP contribution in [0.15, 0.2) is 54.7 Å². The molecule has 25 heavy (non-hydrogen) atoms. The van der Waals surface area contributed by atoms with Crippen molar-refractivity contribution in [3.05, 3.63) is 65.6 Å². The van der Waals surface area contributed by atoms with Crippen LogP contribution in [0.2, 0.25) is 5.02 Å². The standard InChI is InChI=1S/C19H13ClFN3O/c1-25-12-5-7-16-17(10-12)24-19(23-16)13-6-4-11(9-15(13)21)18-14(20)3-2-8-22-18/h2-10H,1H3,(H,23,24). The molecule has 4 nitrogen and oxygen atoms in total. The second-order valence-electron chi connectivity index (χ2n) is 5.50. The molecule has 0 aliphatic heterocycles. The van der Waals surface area contributed by atoms with Gasteiger partial charge >= 0.3 is 0 Å². The van der Waals surface area contributed by atoms with E-state index in [4.69, 9.17) is 16.3 Å². The Balaban J connectivity index is 1.77. The third-order valence-electron chi connectivity index (χ3n) is 3.95. The molecule has 4 rings (SSSR count). The average molecular weight is 354 g/mol. The van der Waals surface area contributed by atoms with E-state index in [9.17, 15) is 4.39 Å². The lowest BCUT2D eigenvalue weighted by Crippen LogP contribution is -1.90. The maximum absolute atomic E-state index is 14.7. The summed E-state index contributed by atoms with van der Waals surface area (Å²) in [5, 5.41) is 0.477. The quantitative estimate of drug-likeness (QED) is 0.558. The molecular formula is C19H13ClFN3O. The molecule has 0 saturated heterocycles. The number of imidazole rings is 1. The van der Waals surface area contributed by atoms with Crippen LogP contribution in [0.1, 0.15) is 0 Å². The predicted molar refractivity (Wildman–Crippen MR) is 96.3 cm³/mol. The Kier molecular flexibility index (Phi) is 3.86. The van der Waals surface area contributed by atoms with Gasteiger partial charge in [-0.1, -0.05) is 17.7 Å². The first-order chi connectivity index (χ1) is 12.2. The number of benzene rings is 2. The number of methoxy groups -OCH3 is 1. The number of aromatic nitrogens is 3. The molecule has 0 amide bonds. The fraction of sp³-hybridized carbons (Fsp3) is 0.0526. The molecule has 0 aliphatic rings. The van der Waals surface area contributed by atoms with Crippen molar-refractivity contribution in [3.8, 4) is 28.4 Å². The molecule has 0 aliphatic carbocycles. The van der Waals surface area contributed by atoms with E-state index in [1.165, 1.54) is 6.07 Å². The molecular weight excluding hydrogens is 341 g/mol. The number of hydrogen-bond donors (Lipinski definition) is 1. The topological polar surface area (TPSA) is 50.8 Å². The average Bonchev–Trinajstić information content (AvgIpc) is 3.04. The van der Waals surface area contributed by atoms with Gasteiger partial charge in [-0.25, -0.2) is 9.37 Å². The van der Waals surface area contributed by atoms with Gasteiger partial charge in [0.2, 0.25) is 0 Å². The van der Waals surface area contributed by atoms with E-state index in [0.717, 1.165) is 11.0 Å². The summed E-state index contributed by atoms with van der Waals surface area (Å²) in [5.41, 5.74) is 3.07. The molecule has 0 spiro atoms. The highest BCUT2D eigenvalue weighted by Crippen LogP contribution is 2.30. The lowest BCUT2D eigenvalue weighted by atomic mass is 10.1. The molecule has 4 aromatic rings. The highest BCUT2D eigenvalue weighted by Gasteiger charge is 2.13. The van der Waals surface area contributed by atoms with Crippen molar-refractivity contribution in [3.63, 3.8) is 0 Å². The van der Waals surface area contributed by atoms with E-state index in [2.05, 4.69) is 15.0 Å². The van der Waals surface area contributed by atoms with Gasteiger partial charge in [0.15, 0.2) is 0 Å². The van der Waals surface area contributed by atoms with Gasteiger partial charge in [0, 0.05) is 17.8 Å². The molecule has 2 heterocycles. The summed E-state index contributed by atoms with van der Waals surface area (Å²) in [7, 11) is 1.60. The van der Waals surface area contributed by atoms with E-state index >= 15 is 0 Å². The van der Waals surface area contributed by atoms with Crippen LogP contribution in [-0.4, -0.2) is 22.1 Å². The maximum Gasteiger partial charge on any atom is 0.141 e. The molecule has 0 fully saturated rings. The van der Waals surface area contributed by atoms with Crippen molar-refractivity contribution >= 4 is 22.6 Å². The Labute approximate surface area is 148 Å². The van der Waals surface area contributed by atoms with Crippen LogP contribution < -0.4 is 4.74 Å². The van der Waals surface area contributed by atoms with Crippen molar-refractivity contribution in [1.82, 2.24) is 15.0 Å². The number of H-pyrrole nitrogens is 1. The van der Waals surface area contributed by atoms with E-state index in [0.29, 0.717) is 33.4 Å². The largest absolute Gasteiger partial charge is 0.497 e. The van der Waals surface area contributed by atoms with Gasteiger partial charge < -0.3 is 9.72 Å². The highest BCUT2D eigenvalue weighted by atomic mass is 35.5. The molecule has 2 aromatic heterocycles. The van der Waals surface area contributed by atoms with Gasteiger partial charge in [-0.05, 0) is 36.4 Å². The number of ether oxygens (including phenoxy) is 1. The summed E-state index contributed by atoms with van der Waals surface area (Å²) >= 11 is 6.13. The molecule has 1 N–H and O–H groups in total. The normalized spacial score (nSPS) is 11.0. The molecule has 124 valence electrons. The van der Waals surface area contributed by atoms with Gasteiger partial charge in [-0.15, -0.1) is 0 Å². The Morgan fingerprint density at radius 2 is 2.00 bits per heavy atom. The Hall–Kier alpha value is -2.92. The Morgan fingerprint density at radius 1 is 1.12 bits per heavy atom. The number of fused-ring (bicyclic) bond motifs is 1. The van der Waals surface area contributed by atoms with Crippen LogP contribution in [0.3, 0.4) is 0 Å². The zero-order valence-corrected chi connectivity index (χ0v) is 14.0. The van der Waals surface area contributed by atoms with E-state index in [-0.39, 0.29) is 0 Å². The number of halogens is 2. The number of nitrogens with one attached hydrogen (secondary N) is 1. The van der Waals surface area contributed by atoms with Crippen molar-refractivity contribution in [2.75, 3.05) is 7.11 Å². The van der Waals surface area contributed by atoms with E-state index < -0.39 is 5.82 Å².